The van der Waals surface area contributed by atoms with Crippen molar-refractivity contribution in [2.24, 2.45) is 0 Å². The molecule has 0 aromatic heterocycles. The Kier molecular flexibility index (Phi) is 12.0. The fourth-order valence-electron chi connectivity index (χ4n) is 0.379. The first-order chi connectivity index (χ1) is 5.20. The Morgan fingerprint density at radius 2 is 2.08 bits per heavy atom. The molecule has 0 spiro atoms. The molecule has 12 heavy (non-hydrogen) atoms. The van der Waals surface area contributed by atoms with Gasteiger partial charge in [-0.2, -0.15) is 0 Å². The molecule has 0 heterocycles. The molecule has 0 rings (SSSR count). The van der Waals surface area contributed by atoms with Crippen LogP contribution in [0, 0.1) is 0 Å². The first-order valence-corrected chi connectivity index (χ1v) is 3.79. The van der Waals surface area contributed by atoms with Gasteiger partial charge >= 0.3 is 43.9 Å². The Balaban J connectivity index is 0. The fraction of sp³-hybridized carbons (Fsp3) is 0.857. The molecule has 0 saturated heterocycles. The van der Waals surface area contributed by atoms with Crippen LogP contribution < -0.4 is 5.48 Å². The third-order valence-corrected chi connectivity index (χ3v) is 1.22. The molecule has 70 valence electrons. The Bertz CT molecular complexity index is 121. The van der Waals surface area contributed by atoms with Crippen molar-refractivity contribution in [1.29, 1.82) is 0 Å². The summed E-state index contributed by atoms with van der Waals surface area (Å²) in [6.07, 6.45) is 0.229. The SMILES string of the molecule is CCOC(=O)ONC(C)CC.[CaH2]. The summed E-state index contributed by atoms with van der Waals surface area (Å²) in [5, 5.41) is 0. The second-order valence-corrected chi connectivity index (χ2v) is 2.21. The van der Waals surface area contributed by atoms with E-state index in [-0.39, 0.29) is 43.8 Å². The summed E-state index contributed by atoms with van der Waals surface area (Å²) >= 11 is 0. The van der Waals surface area contributed by atoms with Gasteiger partial charge in [0.25, 0.3) is 0 Å². The van der Waals surface area contributed by atoms with Gasteiger partial charge in [-0.15, -0.1) is 5.48 Å². The Labute approximate surface area is 103 Å². The average Bonchev–Trinajstić information content (AvgIpc) is 2.01. The molecule has 0 aliphatic heterocycles. The van der Waals surface area contributed by atoms with E-state index in [0.717, 1.165) is 6.42 Å². The summed E-state index contributed by atoms with van der Waals surface area (Å²) in [6.45, 7) is 5.97. The number of hydrogen-bond acceptors (Lipinski definition) is 4. The van der Waals surface area contributed by atoms with Crippen LogP contribution in [-0.4, -0.2) is 56.5 Å². The first kappa shape index (κ1) is 15.0. The van der Waals surface area contributed by atoms with Crippen LogP contribution in [0.5, 0.6) is 0 Å². The molecule has 1 unspecified atom stereocenters. The van der Waals surface area contributed by atoms with Crippen molar-refractivity contribution in [3.8, 4) is 0 Å². The molecule has 0 aromatic carbocycles. The van der Waals surface area contributed by atoms with E-state index in [2.05, 4.69) is 15.1 Å². The van der Waals surface area contributed by atoms with Gasteiger partial charge in [0.05, 0.1) is 6.61 Å². The van der Waals surface area contributed by atoms with E-state index >= 15 is 0 Å². The molecule has 1 atom stereocenters. The van der Waals surface area contributed by atoms with E-state index in [1.807, 2.05) is 13.8 Å². The van der Waals surface area contributed by atoms with Crippen molar-refractivity contribution >= 4 is 43.9 Å². The van der Waals surface area contributed by atoms with E-state index in [1.165, 1.54) is 0 Å². The van der Waals surface area contributed by atoms with E-state index in [0.29, 0.717) is 6.61 Å². The van der Waals surface area contributed by atoms with Crippen molar-refractivity contribution < 1.29 is 14.4 Å². The first-order valence-electron chi connectivity index (χ1n) is 3.79. The number of carbonyl (C=O) groups is 1. The minimum absolute atomic E-state index is 0. The van der Waals surface area contributed by atoms with Gasteiger partial charge in [-0.1, -0.05) is 6.92 Å². The third-order valence-electron chi connectivity index (χ3n) is 1.22. The Morgan fingerprint density at radius 3 is 2.50 bits per heavy atom. The second-order valence-electron chi connectivity index (χ2n) is 2.21. The van der Waals surface area contributed by atoms with Crippen LogP contribution in [0.2, 0.25) is 0 Å². The van der Waals surface area contributed by atoms with Crippen LogP contribution in [0.25, 0.3) is 0 Å². The Morgan fingerprint density at radius 1 is 1.50 bits per heavy atom. The molecule has 0 aliphatic rings. The monoisotopic (exact) mass is 203 g/mol. The molecule has 0 radical (unpaired) electrons. The number of hydrogen-bond donors (Lipinski definition) is 1. The fourth-order valence-corrected chi connectivity index (χ4v) is 0.379. The second kappa shape index (κ2) is 9.58. The quantitative estimate of drug-likeness (QED) is 0.412. The van der Waals surface area contributed by atoms with Gasteiger partial charge in [-0.05, 0) is 20.3 Å². The van der Waals surface area contributed by atoms with Crippen molar-refractivity contribution in [3.63, 3.8) is 0 Å². The molecule has 0 aromatic rings. The van der Waals surface area contributed by atoms with Gasteiger partial charge < -0.3 is 9.57 Å². The van der Waals surface area contributed by atoms with Gasteiger partial charge in [-0.25, -0.2) is 4.79 Å². The van der Waals surface area contributed by atoms with Crippen LogP contribution >= 0.6 is 0 Å². The predicted molar refractivity (Wildman–Crippen MR) is 49.5 cm³/mol. The number of nitrogens with one attached hydrogen (secondary N) is 1. The van der Waals surface area contributed by atoms with Crippen LogP contribution in [0.1, 0.15) is 27.2 Å². The molecule has 5 heteroatoms. The van der Waals surface area contributed by atoms with Gasteiger partial charge in [0.15, 0.2) is 0 Å². The topological polar surface area (TPSA) is 47.6 Å². The average molecular weight is 203 g/mol. The van der Waals surface area contributed by atoms with Gasteiger partial charge in [0.1, 0.15) is 0 Å². The van der Waals surface area contributed by atoms with Crippen molar-refractivity contribution in [3.05, 3.63) is 0 Å². The van der Waals surface area contributed by atoms with Crippen LogP contribution in [0.4, 0.5) is 4.79 Å². The summed E-state index contributed by atoms with van der Waals surface area (Å²) in [5.41, 5.74) is 2.54. The van der Waals surface area contributed by atoms with Gasteiger partial charge in [0.2, 0.25) is 0 Å². The normalized spacial score (nSPS) is 11.2. The predicted octanol–water partition coefficient (Wildman–Crippen LogP) is 0.546. The van der Waals surface area contributed by atoms with Crippen molar-refractivity contribution in [2.75, 3.05) is 6.61 Å². The number of ether oxygens (including phenoxy) is 1. The van der Waals surface area contributed by atoms with Gasteiger partial charge in [-0.3, -0.25) is 0 Å². The standard InChI is InChI=1S/C7H15NO3.Ca.2H/c1-4-6(3)8-11-7(9)10-5-2;;;/h6,8H,4-5H2,1-3H3;;;. The van der Waals surface area contributed by atoms with Crippen LogP contribution in [0.15, 0.2) is 0 Å². The molecule has 4 nitrogen and oxygen atoms in total. The molecule has 1 N–H and O–H groups in total. The van der Waals surface area contributed by atoms with Gasteiger partial charge in [0, 0.05) is 6.04 Å². The number of hydroxylamine groups is 1. The van der Waals surface area contributed by atoms with Crippen LogP contribution in [0.3, 0.4) is 0 Å². The summed E-state index contributed by atoms with van der Waals surface area (Å²) in [4.78, 5) is 15.1. The molecule has 0 bridgehead atoms. The molecule has 0 amide bonds. The summed E-state index contributed by atoms with van der Waals surface area (Å²) in [5.74, 6) is 0. The Hall–Kier alpha value is 0.490. The molecule has 0 saturated carbocycles. The van der Waals surface area contributed by atoms with Crippen LogP contribution in [-0.2, 0) is 9.57 Å². The molecule has 0 aliphatic carbocycles. The molecular weight excluding hydrogens is 186 g/mol. The third kappa shape index (κ3) is 8.59. The minimum atomic E-state index is -0.673. The van der Waals surface area contributed by atoms with E-state index in [9.17, 15) is 4.79 Å². The van der Waals surface area contributed by atoms with E-state index < -0.39 is 6.16 Å². The number of rotatable bonds is 4. The van der Waals surface area contributed by atoms with Crippen molar-refractivity contribution in [1.82, 2.24) is 5.48 Å². The van der Waals surface area contributed by atoms with E-state index in [4.69, 9.17) is 0 Å². The summed E-state index contributed by atoms with van der Waals surface area (Å²) < 4.78 is 4.51. The zero-order chi connectivity index (χ0) is 8.69. The van der Waals surface area contributed by atoms with Crippen molar-refractivity contribution in [2.45, 2.75) is 33.2 Å². The van der Waals surface area contributed by atoms with E-state index in [1.54, 1.807) is 6.92 Å². The maximum absolute atomic E-state index is 10.6. The number of carbonyl (C=O) groups excluding carboxylic acids is 1. The molecular formula is C7H17CaNO3. The summed E-state index contributed by atoms with van der Waals surface area (Å²) in [7, 11) is 0. The summed E-state index contributed by atoms with van der Waals surface area (Å²) in [6, 6.07) is 0.166. The zero-order valence-electron chi connectivity index (χ0n) is 7.22. The molecule has 0 fully saturated rings. The zero-order valence-corrected chi connectivity index (χ0v) is 7.22. The maximum atomic E-state index is 10.6.